The molecule has 2 nitrogen and oxygen atoms in total. The first-order valence-electron chi connectivity index (χ1n) is 4.71. The van der Waals surface area contributed by atoms with Crippen LogP contribution in [0.5, 0.6) is 0 Å². The van der Waals surface area contributed by atoms with Crippen LogP contribution < -0.4 is 11.1 Å². The summed E-state index contributed by atoms with van der Waals surface area (Å²) in [6.45, 7) is 4.13. The van der Waals surface area contributed by atoms with Crippen LogP contribution in [-0.4, -0.2) is 11.6 Å². The number of rotatable bonds is 1. The number of benzene rings is 1. The molecule has 0 aromatic heterocycles. The lowest BCUT2D eigenvalue weighted by Gasteiger charge is -2.27. The van der Waals surface area contributed by atoms with Gasteiger partial charge in [0.2, 0.25) is 0 Å². The van der Waals surface area contributed by atoms with E-state index in [4.69, 9.17) is 5.73 Å². The van der Waals surface area contributed by atoms with Crippen LogP contribution in [0.4, 0.5) is 5.69 Å². The van der Waals surface area contributed by atoms with Gasteiger partial charge in [-0.15, -0.1) is 0 Å². The third kappa shape index (κ3) is 1.54. The molecule has 0 bridgehead atoms. The second-order valence-electron chi connectivity index (χ2n) is 4.38. The van der Waals surface area contributed by atoms with Crippen LogP contribution >= 0.6 is 0 Å². The van der Waals surface area contributed by atoms with Gasteiger partial charge in [-0.3, -0.25) is 0 Å². The van der Waals surface area contributed by atoms with Crippen molar-refractivity contribution in [3.63, 3.8) is 0 Å². The summed E-state index contributed by atoms with van der Waals surface area (Å²) >= 11 is 0. The van der Waals surface area contributed by atoms with Gasteiger partial charge in [0.25, 0.3) is 0 Å². The maximum absolute atomic E-state index is 6.06. The van der Waals surface area contributed by atoms with E-state index in [0.717, 1.165) is 6.42 Å². The third-order valence-corrected chi connectivity index (χ3v) is 2.67. The molecule has 0 amide bonds. The topological polar surface area (TPSA) is 38.0 Å². The first kappa shape index (κ1) is 8.57. The van der Waals surface area contributed by atoms with Gasteiger partial charge in [0, 0.05) is 17.3 Å². The predicted molar refractivity (Wildman–Crippen MR) is 55.8 cm³/mol. The molecule has 0 saturated carbocycles. The molecule has 0 saturated heterocycles. The zero-order valence-electron chi connectivity index (χ0n) is 8.17. The third-order valence-electron chi connectivity index (χ3n) is 2.67. The van der Waals surface area contributed by atoms with Gasteiger partial charge in [-0.2, -0.15) is 0 Å². The highest BCUT2D eigenvalue weighted by atomic mass is 15.0. The van der Waals surface area contributed by atoms with E-state index in [1.54, 1.807) is 0 Å². The lowest BCUT2D eigenvalue weighted by molar-refractivity contribution is 0.441. The molecule has 1 unspecified atom stereocenters. The number of fused-ring (bicyclic) bond motifs is 1. The fraction of sp³-hybridized carbons (Fsp3) is 0.455. The summed E-state index contributed by atoms with van der Waals surface area (Å²) in [5.74, 6) is 0. The smallest absolute Gasteiger partial charge is 0.0476 e. The van der Waals surface area contributed by atoms with E-state index >= 15 is 0 Å². The number of nitrogens with one attached hydrogen (secondary N) is 1. The highest BCUT2D eigenvalue weighted by Gasteiger charge is 2.30. The SMILES string of the molecule is CC(C)(N)C1Cc2ccccc2N1. The molecule has 0 aliphatic carbocycles. The van der Waals surface area contributed by atoms with Crippen molar-refractivity contribution in [3.05, 3.63) is 29.8 Å². The van der Waals surface area contributed by atoms with Crippen molar-refractivity contribution in [2.75, 3.05) is 5.32 Å². The second-order valence-corrected chi connectivity index (χ2v) is 4.38. The maximum atomic E-state index is 6.06. The van der Waals surface area contributed by atoms with Crippen LogP contribution in [-0.2, 0) is 6.42 Å². The summed E-state index contributed by atoms with van der Waals surface area (Å²) in [5, 5.41) is 3.45. The Hall–Kier alpha value is -1.02. The predicted octanol–water partition coefficient (Wildman–Crippen LogP) is 1.76. The van der Waals surface area contributed by atoms with Crippen LogP contribution in [0.1, 0.15) is 19.4 Å². The van der Waals surface area contributed by atoms with Crippen molar-refractivity contribution in [2.45, 2.75) is 31.8 Å². The number of nitrogens with two attached hydrogens (primary N) is 1. The highest BCUT2D eigenvalue weighted by molar-refractivity contribution is 5.57. The quantitative estimate of drug-likeness (QED) is 0.684. The lowest BCUT2D eigenvalue weighted by Crippen LogP contribution is -2.48. The summed E-state index contributed by atoms with van der Waals surface area (Å²) in [6.07, 6.45) is 1.04. The molecule has 13 heavy (non-hydrogen) atoms. The van der Waals surface area contributed by atoms with Gasteiger partial charge < -0.3 is 11.1 Å². The summed E-state index contributed by atoms with van der Waals surface area (Å²) in [7, 11) is 0. The molecular formula is C11H16N2. The van der Waals surface area contributed by atoms with Gasteiger partial charge in [-0.25, -0.2) is 0 Å². The van der Waals surface area contributed by atoms with E-state index in [1.807, 2.05) is 0 Å². The fourth-order valence-electron chi connectivity index (χ4n) is 1.75. The molecule has 1 atom stereocenters. The Kier molecular flexibility index (Phi) is 1.81. The molecule has 70 valence electrons. The molecule has 0 spiro atoms. The zero-order chi connectivity index (χ0) is 9.47. The van der Waals surface area contributed by atoms with E-state index in [2.05, 4.69) is 43.4 Å². The molecule has 1 heterocycles. The van der Waals surface area contributed by atoms with E-state index in [-0.39, 0.29) is 5.54 Å². The molecule has 0 radical (unpaired) electrons. The maximum Gasteiger partial charge on any atom is 0.0476 e. The van der Waals surface area contributed by atoms with E-state index in [1.165, 1.54) is 11.3 Å². The van der Waals surface area contributed by atoms with E-state index in [0.29, 0.717) is 6.04 Å². The van der Waals surface area contributed by atoms with Crippen LogP contribution in [0, 0.1) is 0 Å². The minimum atomic E-state index is -0.154. The molecular weight excluding hydrogens is 160 g/mol. The van der Waals surface area contributed by atoms with Gasteiger partial charge in [0.05, 0.1) is 0 Å². The second kappa shape index (κ2) is 2.74. The largest absolute Gasteiger partial charge is 0.380 e. The van der Waals surface area contributed by atoms with Crippen LogP contribution in [0.15, 0.2) is 24.3 Å². The van der Waals surface area contributed by atoms with Gasteiger partial charge in [0.15, 0.2) is 0 Å². The number of para-hydroxylation sites is 1. The minimum Gasteiger partial charge on any atom is -0.380 e. The van der Waals surface area contributed by atoms with Crippen molar-refractivity contribution in [1.82, 2.24) is 0 Å². The van der Waals surface area contributed by atoms with Crippen molar-refractivity contribution in [2.24, 2.45) is 5.73 Å². The average molecular weight is 176 g/mol. The fourth-order valence-corrected chi connectivity index (χ4v) is 1.75. The Balaban J connectivity index is 2.23. The summed E-state index contributed by atoms with van der Waals surface area (Å²) in [4.78, 5) is 0. The normalized spacial score (nSPS) is 21.0. The van der Waals surface area contributed by atoms with E-state index < -0.39 is 0 Å². The van der Waals surface area contributed by atoms with Crippen molar-refractivity contribution < 1.29 is 0 Å². The average Bonchev–Trinajstić information content (AvgIpc) is 2.45. The van der Waals surface area contributed by atoms with E-state index in [9.17, 15) is 0 Å². The van der Waals surface area contributed by atoms with Crippen molar-refractivity contribution in [1.29, 1.82) is 0 Å². The molecule has 3 N–H and O–H groups in total. The summed E-state index contributed by atoms with van der Waals surface area (Å²) in [5.41, 5.74) is 8.53. The Morgan fingerprint density at radius 3 is 2.69 bits per heavy atom. The molecule has 1 aliphatic heterocycles. The molecule has 2 rings (SSSR count). The van der Waals surface area contributed by atoms with Gasteiger partial charge in [-0.1, -0.05) is 18.2 Å². The Bertz CT molecular complexity index is 287. The number of hydrogen-bond acceptors (Lipinski definition) is 2. The lowest BCUT2D eigenvalue weighted by atomic mass is 9.93. The standard InChI is InChI=1S/C11H16N2/c1-11(2,12)10-7-8-5-3-4-6-9(8)13-10/h3-6,10,13H,7,12H2,1-2H3. The highest BCUT2D eigenvalue weighted by Crippen LogP contribution is 2.28. The molecule has 2 heteroatoms. The van der Waals surface area contributed by atoms with Crippen molar-refractivity contribution >= 4 is 5.69 Å². The Morgan fingerprint density at radius 1 is 1.38 bits per heavy atom. The first-order chi connectivity index (χ1) is 6.07. The summed E-state index contributed by atoms with van der Waals surface area (Å²) in [6, 6.07) is 8.77. The minimum absolute atomic E-state index is 0.154. The monoisotopic (exact) mass is 176 g/mol. The number of anilines is 1. The van der Waals surface area contributed by atoms with Gasteiger partial charge in [0.1, 0.15) is 0 Å². The van der Waals surface area contributed by atoms with Crippen LogP contribution in [0.2, 0.25) is 0 Å². The molecule has 1 aliphatic rings. The molecule has 1 aromatic carbocycles. The molecule has 1 aromatic rings. The molecule has 0 fully saturated rings. The summed E-state index contributed by atoms with van der Waals surface area (Å²) < 4.78 is 0. The van der Waals surface area contributed by atoms with Crippen LogP contribution in [0.3, 0.4) is 0 Å². The number of hydrogen-bond donors (Lipinski definition) is 2. The first-order valence-corrected chi connectivity index (χ1v) is 4.71. The Labute approximate surface area is 79.1 Å². The van der Waals surface area contributed by atoms with Gasteiger partial charge >= 0.3 is 0 Å². The van der Waals surface area contributed by atoms with Gasteiger partial charge in [-0.05, 0) is 31.9 Å². The van der Waals surface area contributed by atoms with Crippen molar-refractivity contribution in [3.8, 4) is 0 Å². The Morgan fingerprint density at radius 2 is 2.08 bits per heavy atom. The van der Waals surface area contributed by atoms with Crippen LogP contribution in [0.25, 0.3) is 0 Å². The zero-order valence-corrected chi connectivity index (χ0v) is 8.17.